The summed E-state index contributed by atoms with van der Waals surface area (Å²) in [6, 6.07) is 10.3. The van der Waals surface area contributed by atoms with Crippen molar-refractivity contribution in [3.8, 4) is 0 Å². The van der Waals surface area contributed by atoms with Gasteiger partial charge in [0, 0.05) is 56.5 Å². The first-order chi connectivity index (χ1) is 13.9. The number of hydrogen-bond acceptors (Lipinski definition) is 5. The van der Waals surface area contributed by atoms with Crippen LogP contribution in [-0.4, -0.2) is 93.0 Å². The van der Waals surface area contributed by atoms with Crippen LogP contribution in [0.1, 0.15) is 13.8 Å². The summed E-state index contributed by atoms with van der Waals surface area (Å²) in [5.74, 6) is 1.58. The number of ether oxygens (including phenoxy) is 1. The Balaban J connectivity index is 0.00000450. The summed E-state index contributed by atoms with van der Waals surface area (Å²) < 4.78 is 5.47. The lowest BCUT2D eigenvalue weighted by Crippen LogP contribution is -2.56. The van der Waals surface area contributed by atoms with E-state index in [9.17, 15) is 4.79 Å². The van der Waals surface area contributed by atoms with Crippen molar-refractivity contribution in [2.45, 2.75) is 24.3 Å². The standard InChI is InChI=1S/C21H35N5O2S.HI/c1-21(2,26-11-13-28-14-12-26)17-24-20(23-16-19(27)25(3)4)22-10-15-29-18-8-6-5-7-9-18;/h5-9H,10-17H2,1-4H3,(H2,22,23,24);1H. The molecule has 9 heteroatoms. The summed E-state index contributed by atoms with van der Waals surface area (Å²) in [6.07, 6.45) is 0. The maximum absolute atomic E-state index is 11.9. The van der Waals surface area contributed by atoms with E-state index in [1.807, 2.05) is 18.2 Å². The quantitative estimate of drug-likeness (QED) is 0.162. The van der Waals surface area contributed by atoms with E-state index in [2.05, 4.69) is 46.5 Å². The minimum absolute atomic E-state index is 0. The lowest BCUT2D eigenvalue weighted by molar-refractivity contribution is -0.127. The fraction of sp³-hybridized carbons (Fsp3) is 0.619. The average molecular weight is 550 g/mol. The Morgan fingerprint density at radius 3 is 2.50 bits per heavy atom. The van der Waals surface area contributed by atoms with E-state index in [0.29, 0.717) is 5.96 Å². The van der Waals surface area contributed by atoms with Crippen LogP contribution in [-0.2, 0) is 9.53 Å². The minimum atomic E-state index is -0.0312. The van der Waals surface area contributed by atoms with Gasteiger partial charge in [-0.15, -0.1) is 35.7 Å². The normalized spacial score (nSPS) is 15.3. The molecule has 1 amide bonds. The highest BCUT2D eigenvalue weighted by molar-refractivity contribution is 14.0. The number of hydrogen-bond donors (Lipinski definition) is 2. The van der Waals surface area contributed by atoms with E-state index in [0.717, 1.165) is 45.1 Å². The van der Waals surface area contributed by atoms with Crippen LogP contribution < -0.4 is 10.6 Å². The van der Waals surface area contributed by atoms with Gasteiger partial charge in [0.1, 0.15) is 6.54 Å². The van der Waals surface area contributed by atoms with E-state index in [1.54, 1.807) is 30.8 Å². The van der Waals surface area contributed by atoms with Crippen LogP contribution in [0.25, 0.3) is 0 Å². The predicted octanol–water partition coefficient (Wildman–Crippen LogP) is 2.13. The first-order valence-electron chi connectivity index (χ1n) is 10.1. The topological polar surface area (TPSA) is 69.2 Å². The van der Waals surface area contributed by atoms with Crippen LogP contribution in [0, 0.1) is 0 Å². The Morgan fingerprint density at radius 1 is 1.20 bits per heavy atom. The van der Waals surface area contributed by atoms with Crippen molar-refractivity contribution in [3.05, 3.63) is 30.3 Å². The number of nitrogens with zero attached hydrogens (tertiary/aromatic N) is 3. The lowest BCUT2D eigenvalue weighted by Gasteiger charge is -2.41. The average Bonchev–Trinajstić information content (AvgIpc) is 2.73. The molecule has 2 rings (SSSR count). The van der Waals surface area contributed by atoms with Gasteiger partial charge in [0.2, 0.25) is 5.91 Å². The van der Waals surface area contributed by atoms with Crippen molar-refractivity contribution in [3.63, 3.8) is 0 Å². The monoisotopic (exact) mass is 549 g/mol. The molecule has 1 aliphatic heterocycles. The van der Waals surface area contributed by atoms with Crippen LogP contribution in [0.4, 0.5) is 0 Å². The number of benzene rings is 1. The second-order valence-corrected chi connectivity index (χ2v) is 8.98. The summed E-state index contributed by atoms with van der Waals surface area (Å²) in [6.45, 7) is 9.49. The number of halogens is 1. The molecule has 0 radical (unpaired) electrons. The lowest BCUT2D eigenvalue weighted by atomic mass is 10.0. The zero-order chi connectivity index (χ0) is 21.1. The van der Waals surface area contributed by atoms with Crippen molar-refractivity contribution < 1.29 is 9.53 Å². The number of carbonyl (C=O) groups is 1. The first-order valence-corrected chi connectivity index (χ1v) is 11.1. The molecule has 0 unspecified atom stereocenters. The SMILES string of the molecule is CN(C)C(=O)CN=C(NCCSc1ccccc1)NCC(C)(C)N1CCOCC1.I. The van der Waals surface area contributed by atoms with Crippen LogP contribution in [0.5, 0.6) is 0 Å². The summed E-state index contributed by atoms with van der Waals surface area (Å²) in [4.78, 5) is 21.7. The zero-order valence-electron chi connectivity index (χ0n) is 18.5. The molecule has 0 bridgehead atoms. The number of guanidine groups is 1. The van der Waals surface area contributed by atoms with E-state index in [-0.39, 0.29) is 42.0 Å². The summed E-state index contributed by atoms with van der Waals surface area (Å²) in [7, 11) is 3.49. The molecule has 170 valence electrons. The molecule has 0 aromatic heterocycles. The van der Waals surface area contributed by atoms with Crippen molar-refractivity contribution in [1.82, 2.24) is 20.4 Å². The van der Waals surface area contributed by atoms with Gasteiger partial charge in [-0.2, -0.15) is 0 Å². The number of morpholine rings is 1. The van der Waals surface area contributed by atoms with E-state index in [1.165, 1.54) is 4.90 Å². The van der Waals surface area contributed by atoms with Crippen LogP contribution in [0.3, 0.4) is 0 Å². The van der Waals surface area contributed by atoms with Gasteiger partial charge in [-0.3, -0.25) is 9.69 Å². The molecule has 30 heavy (non-hydrogen) atoms. The third-order valence-corrected chi connectivity index (χ3v) is 5.85. The highest BCUT2D eigenvalue weighted by atomic mass is 127. The summed E-state index contributed by atoms with van der Waals surface area (Å²) in [5.41, 5.74) is -0.0312. The second kappa shape index (κ2) is 14.1. The van der Waals surface area contributed by atoms with Crippen molar-refractivity contribution >= 4 is 47.6 Å². The van der Waals surface area contributed by atoms with E-state index >= 15 is 0 Å². The molecule has 0 atom stereocenters. The van der Waals surface area contributed by atoms with Crippen molar-refractivity contribution in [1.29, 1.82) is 0 Å². The van der Waals surface area contributed by atoms with Gasteiger partial charge in [-0.05, 0) is 26.0 Å². The molecule has 1 aliphatic rings. The molecule has 1 aromatic rings. The molecule has 7 nitrogen and oxygen atoms in total. The Labute approximate surface area is 202 Å². The van der Waals surface area contributed by atoms with Gasteiger partial charge in [0.15, 0.2) is 5.96 Å². The molecule has 0 aliphatic carbocycles. The van der Waals surface area contributed by atoms with Gasteiger partial charge in [-0.1, -0.05) is 18.2 Å². The Hall–Kier alpha value is -1.04. The first kappa shape index (κ1) is 27.0. The van der Waals surface area contributed by atoms with Gasteiger partial charge < -0.3 is 20.3 Å². The van der Waals surface area contributed by atoms with Gasteiger partial charge in [0.05, 0.1) is 13.2 Å². The molecule has 2 N–H and O–H groups in total. The fourth-order valence-electron chi connectivity index (χ4n) is 2.90. The molecular weight excluding hydrogens is 513 g/mol. The maximum Gasteiger partial charge on any atom is 0.243 e. The zero-order valence-corrected chi connectivity index (χ0v) is 21.7. The van der Waals surface area contributed by atoms with Gasteiger partial charge in [0.25, 0.3) is 0 Å². The molecule has 1 saturated heterocycles. The number of likely N-dealkylation sites (N-methyl/N-ethyl adjacent to an activating group) is 1. The van der Waals surface area contributed by atoms with Crippen LogP contribution >= 0.6 is 35.7 Å². The van der Waals surface area contributed by atoms with Crippen LogP contribution in [0.15, 0.2) is 40.2 Å². The molecule has 0 spiro atoms. The molecular formula is C21H36IN5O2S. The number of aliphatic imine (C=N–C) groups is 1. The van der Waals surface area contributed by atoms with E-state index < -0.39 is 0 Å². The Bertz CT molecular complexity index is 652. The number of nitrogens with one attached hydrogen (secondary N) is 2. The third-order valence-electron chi connectivity index (χ3n) is 4.83. The van der Waals surface area contributed by atoms with Gasteiger partial charge in [-0.25, -0.2) is 4.99 Å². The van der Waals surface area contributed by atoms with Crippen molar-refractivity contribution in [2.75, 3.05) is 65.8 Å². The Kier molecular flexibility index (Phi) is 12.7. The minimum Gasteiger partial charge on any atom is -0.379 e. The maximum atomic E-state index is 11.9. The predicted molar refractivity (Wildman–Crippen MR) is 136 cm³/mol. The summed E-state index contributed by atoms with van der Waals surface area (Å²) in [5, 5.41) is 6.79. The highest BCUT2D eigenvalue weighted by Crippen LogP contribution is 2.16. The fourth-order valence-corrected chi connectivity index (χ4v) is 3.69. The smallest absolute Gasteiger partial charge is 0.243 e. The van der Waals surface area contributed by atoms with Gasteiger partial charge >= 0.3 is 0 Å². The van der Waals surface area contributed by atoms with E-state index in [4.69, 9.17) is 4.74 Å². The van der Waals surface area contributed by atoms with Crippen LogP contribution in [0.2, 0.25) is 0 Å². The highest BCUT2D eigenvalue weighted by Gasteiger charge is 2.28. The number of thioether (sulfide) groups is 1. The number of carbonyl (C=O) groups excluding carboxylic acids is 1. The Morgan fingerprint density at radius 2 is 1.87 bits per heavy atom. The number of amides is 1. The molecule has 1 fully saturated rings. The van der Waals surface area contributed by atoms with Crippen molar-refractivity contribution in [2.24, 2.45) is 4.99 Å². The summed E-state index contributed by atoms with van der Waals surface area (Å²) >= 11 is 1.80. The molecule has 1 aromatic carbocycles. The molecule has 1 heterocycles. The number of rotatable bonds is 9. The molecule has 0 saturated carbocycles. The second-order valence-electron chi connectivity index (χ2n) is 7.81. The third kappa shape index (κ3) is 9.84. The largest absolute Gasteiger partial charge is 0.379 e.